The van der Waals surface area contributed by atoms with Crippen LogP contribution in [0.4, 0.5) is 0 Å². The third-order valence-electron chi connectivity index (χ3n) is 1.62. The van der Waals surface area contributed by atoms with E-state index < -0.39 is 0 Å². The van der Waals surface area contributed by atoms with Crippen molar-refractivity contribution in [2.75, 3.05) is 14.2 Å². The van der Waals surface area contributed by atoms with Gasteiger partial charge in [-0.1, -0.05) is 24.3 Å². The zero-order chi connectivity index (χ0) is 12.2. The Hall–Kier alpha value is -1.84. The average molecular weight is 224 g/mol. The van der Waals surface area contributed by atoms with E-state index in [9.17, 15) is 9.59 Å². The number of carbonyl (C=O) groups excluding carboxylic acids is 2. The predicted molar refractivity (Wildman–Crippen MR) is 60.7 cm³/mol. The van der Waals surface area contributed by atoms with Gasteiger partial charge in [0.2, 0.25) is 0 Å². The highest BCUT2D eigenvalue weighted by atomic mass is 16.5. The van der Waals surface area contributed by atoms with Gasteiger partial charge in [-0.25, -0.2) is 9.59 Å². The van der Waals surface area contributed by atoms with E-state index in [1.54, 1.807) is 12.2 Å². The van der Waals surface area contributed by atoms with Gasteiger partial charge in [0.25, 0.3) is 0 Å². The lowest BCUT2D eigenvalue weighted by molar-refractivity contribution is -0.135. The molecule has 0 unspecified atom stereocenters. The summed E-state index contributed by atoms with van der Waals surface area (Å²) < 4.78 is 8.84. The van der Waals surface area contributed by atoms with Gasteiger partial charge in [-0.15, -0.1) is 0 Å². The molecular formula is C12H16O4. The Kier molecular flexibility index (Phi) is 8.59. The largest absolute Gasteiger partial charge is 0.466 e. The minimum absolute atomic E-state index is 0.362. The Balaban J connectivity index is 3.63. The maximum absolute atomic E-state index is 10.7. The molecule has 0 N–H and O–H groups in total. The van der Waals surface area contributed by atoms with E-state index in [0.717, 1.165) is 0 Å². The van der Waals surface area contributed by atoms with Crippen molar-refractivity contribution in [3.05, 3.63) is 36.5 Å². The van der Waals surface area contributed by atoms with Crippen molar-refractivity contribution in [1.82, 2.24) is 0 Å². The van der Waals surface area contributed by atoms with E-state index in [2.05, 4.69) is 9.47 Å². The lowest BCUT2D eigenvalue weighted by Crippen LogP contribution is -1.93. The van der Waals surface area contributed by atoms with Crippen molar-refractivity contribution in [2.45, 2.75) is 12.8 Å². The average Bonchev–Trinajstić information content (AvgIpc) is 2.31. The number of ether oxygens (including phenoxy) is 2. The fraction of sp³-hybridized carbons (Fsp3) is 0.333. The van der Waals surface area contributed by atoms with E-state index >= 15 is 0 Å². The molecule has 0 aromatic rings. The van der Waals surface area contributed by atoms with Crippen LogP contribution in [-0.4, -0.2) is 26.2 Å². The normalized spacial score (nSPS) is 11.4. The molecule has 0 saturated carbocycles. The topological polar surface area (TPSA) is 52.6 Å². The quantitative estimate of drug-likeness (QED) is 0.392. The zero-order valence-electron chi connectivity index (χ0n) is 9.51. The highest BCUT2D eigenvalue weighted by molar-refractivity contribution is 5.82. The maximum atomic E-state index is 10.7. The van der Waals surface area contributed by atoms with Gasteiger partial charge in [-0.2, -0.15) is 0 Å². The number of allylic oxidation sites excluding steroid dienone is 4. The predicted octanol–water partition coefficient (Wildman–Crippen LogP) is 1.78. The summed E-state index contributed by atoms with van der Waals surface area (Å²) >= 11 is 0. The van der Waals surface area contributed by atoms with Crippen LogP contribution in [0.15, 0.2) is 36.5 Å². The summed E-state index contributed by atoms with van der Waals surface area (Å²) in [5.41, 5.74) is 0. The van der Waals surface area contributed by atoms with E-state index in [1.165, 1.54) is 26.4 Å². The minimum Gasteiger partial charge on any atom is -0.466 e. The lowest BCUT2D eigenvalue weighted by Gasteiger charge is -1.88. The van der Waals surface area contributed by atoms with Gasteiger partial charge in [0.15, 0.2) is 0 Å². The Morgan fingerprint density at radius 1 is 0.812 bits per heavy atom. The molecule has 0 aromatic heterocycles. The molecule has 0 fully saturated rings. The first-order valence-corrected chi connectivity index (χ1v) is 4.84. The molecule has 0 atom stereocenters. The molecule has 0 aliphatic rings. The number of methoxy groups -OCH3 is 2. The summed E-state index contributed by atoms with van der Waals surface area (Å²) in [5.74, 6) is -0.724. The monoisotopic (exact) mass is 224 g/mol. The van der Waals surface area contributed by atoms with Crippen molar-refractivity contribution < 1.29 is 19.1 Å². The first-order chi connectivity index (χ1) is 7.70. The van der Waals surface area contributed by atoms with E-state index in [1.807, 2.05) is 12.2 Å². The summed E-state index contributed by atoms with van der Waals surface area (Å²) in [6.45, 7) is 0. The Morgan fingerprint density at radius 3 is 1.50 bits per heavy atom. The molecule has 0 aliphatic heterocycles. The molecule has 0 bridgehead atoms. The van der Waals surface area contributed by atoms with Crippen molar-refractivity contribution >= 4 is 11.9 Å². The van der Waals surface area contributed by atoms with Gasteiger partial charge >= 0.3 is 11.9 Å². The molecule has 0 aromatic carbocycles. The standard InChI is InChI=1S/C12H16O4/c1-15-11(13)9-7-5-3-4-6-8-10-12(14)16-2/h3-4,7-10H,5-6H2,1-2H3. The van der Waals surface area contributed by atoms with E-state index in [-0.39, 0.29) is 11.9 Å². The summed E-state index contributed by atoms with van der Waals surface area (Å²) in [4.78, 5) is 21.3. The number of carbonyl (C=O) groups is 2. The Morgan fingerprint density at radius 2 is 1.19 bits per heavy atom. The molecule has 0 saturated heterocycles. The molecule has 4 heteroatoms. The van der Waals surface area contributed by atoms with Gasteiger partial charge in [-0.3, -0.25) is 0 Å². The van der Waals surface area contributed by atoms with Crippen LogP contribution in [0.3, 0.4) is 0 Å². The number of rotatable bonds is 6. The molecule has 0 amide bonds. The van der Waals surface area contributed by atoms with Crippen LogP contribution < -0.4 is 0 Å². The maximum Gasteiger partial charge on any atom is 0.330 e. The summed E-state index contributed by atoms with van der Waals surface area (Å²) in [6.07, 6.45) is 11.2. The fourth-order valence-corrected chi connectivity index (χ4v) is 0.814. The second kappa shape index (κ2) is 9.71. The number of hydrogen-bond acceptors (Lipinski definition) is 4. The highest BCUT2D eigenvalue weighted by Crippen LogP contribution is 1.92. The first kappa shape index (κ1) is 14.2. The number of esters is 2. The second-order valence-electron chi connectivity index (χ2n) is 2.79. The lowest BCUT2D eigenvalue weighted by atomic mass is 10.3. The molecule has 88 valence electrons. The SMILES string of the molecule is COC(=O)C=CCC=CCC=CC(=O)OC. The van der Waals surface area contributed by atoms with E-state index in [0.29, 0.717) is 12.8 Å². The van der Waals surface area contributed by atoms with Crippen molar-refractivity contribution in [2.24, 2.45) is 0 Å². The second-order valence-corrected chi connectivity index (χ2v) is 2.79. The summed E-state index contributed by atoms with van der Waals surface area (Å²) in [5, 5.41) is 0. The molecule has 4 nitrogen and oxygen atoms in total. The third-order valence-corrected chi connectivity index (χ3v) is 1.62. The Bertz CT molecular complexity index is 270. The Labute approximate surface area is 95.2 Å². The number of hydrogen-bond donors (Lipinski definition) is 0. The van der Waals surface area contributed by atoms with Crippen LogP contribution in [0.1, 0.15) is 12.8 Å². The molecular weight excluding hydrogens is 208 g/mol. The van der Waals surface area contributed by atoms with Crippen LogP contribution >= 0.6 is 0 Å². The highest BCUT2D eigenvalue weighted by Gasteiger charge is 1.88. The van der Waals surface area contributed by atoms with Crippen molar-refractivity contribution in [3.8, 4) is 0 Å². The van der Waals surface area contributed by atoms with Gasteiger partial charge in [0, 0.05) is 12.2 Å². The van der Waals surface area contributed by atoms with Gasteiger partial charge < -0.3 is 9.47 Å². The summed E-state index contributed by atoms with van der Waals surface area (Å²) in [7, 11) is 2.67. The third kappa shape index (κ3) is 8.74. The van der Waals surface area contributed by atoms with Crippen LogP contribution in [0, 0.1) is 0 Å². The van der Waals surface area contributed by atoms with E-state index in [4.69, 9.17) is 0 Å². The molecule has 0 heterocycles. The van der Waals surface area contributed by atoms with Gasteiger partial charge in [-0.05, 0) is 12.8 Å². The van der Waals surface area contributed by atoms with Crippen LogP contribution in [0.2, 0.25) is 0 Å². The van der Waals surface area contributed by atoms with Crippen LogP contribution in [-0.2, 0) is 19.1 Å². The molecule has 0 spiro atoms. The smallest absolute Gasteiger partial charge is 0.330 e. The molecule has 0 aliphatic carbocycles. The summed E-state index contributed by atoms with van der Waals surface area (Å²) in [6, 6.07) is 0. The first-order valence-electron chi connectivity index (χ1n) is 4.84. The zero-order valence-corrected chi connectivity index (χ0v) is 9.51. The minimum atomic E-state index is -0.362. The van der Waals surface area contributed by atoms with Crippen molar-refractivity contribution in [3.63, 3.8) is 0 Å². The van der Waals surface area contributed by atoms with Gasteiger partial charge in [0.1, 0.15) is 0 Å². The van der Waals surface area contributed by atoms with Crippen LogP contribution in [0.5, 0.6) is 0 Å². The fourth-order valence-electron chi connectivity index (χ4n) is 0.814. The van der Waals surface area contributed by atoms with Gasteiger partial charge in [0.05, 0.1) is 14.2 Å². The van der Waals surface area contributed by atoms with Crippen LogP contribution in [0.25, 0.3) is 0 Å². The molecule has 0 rings (SSSR count). The van der Waals surface area contributed by atoms with Crippen molar-refractivity contribution in [1.29, 1.82) is 0 Å². The molecule has 0 radical (unpaired) electrons. The molecule has 16 heavy (non-hydrogen) atoms.